The second-order valence-corrected chi connectivity index (χ2v) is 7.38. The van der Waals surface area contributed by atoms with Gasteiger partial charge >= 0.3 is 0 Å². The molecule has 0 saturated carbocycles. The summed E-state index contributed by atoms with van der Waals surface area (Å²) in [4.78, 5) is 0. The second kappa shape index (κ2) is 4.57. The van der Waals surface area contributed by atoms with Crippen molar-refractivity contribution in [2.75, 3.05) is 11.5 Å². The topological polar surface area (TPSA) is 64.8 Å². The summed E-state index contributed by atoms with van der Waals surface area (Å²) < 4.78 is 24.7. The van der Waals surface area contributed by atoms with Gasteiger partial charge in [0.15, 0.2) is 0 Å². The number of halogens is 1. The summed E-state index contributed by atoms with van der Waals surface area (Å²) in [6.07, 6.45) is 1.19. The number of rotatable bonds is 2. The molecule has 0 atom stereocenters. The van der Waals surface area contributed by atoms with E-state index in [1.54, 1.807) is 0 Å². The highest BCUT2D eigenvalue weighted by atomic mass is 35.5. The van der Waals surface area contributed by atoms with Crippen LogP contribution >= 0.6 is 11.6 Å². The minimum absolute atomic E-state index is 0.110. The van der Waals surface area contributed by atoms with Gasteiger partial charge in [0.05, 0.1) is 11.5 Å². The summed E-state index contributed by atoms with van der Waals surface area (Å²) in [7, 11) is -2.85. The molecule has 0 N–H and O–H groups in total. The molecule has 1 aliphatic rings. The molecule has 1 aliphatic heterocycles. The van der Waals surface area contributed by atoms with Crippen LogP contribution in [0.2, 0.25) is 5.28 Å². The molecule has 0 radical (unpaired) electrons. The van der Waals surface area contributed by atoms with Crippen LogP contribution < -0.4 is 0 Å². The smallest absolute Gasteiger partial charge is 0.225 e. The lowest BCUT2D eigenvalue weighted by Gasteiger charge is -2.25. The van der Waals surface area contributed by atoms with Crippen molar-refractivity contribution in [1.82, 2.24) is 14.8 Å². The van der Waals surface area contributed by atoms with Gasteiger partial charge in [-0.1, -0.05) is 13.8 Å². The van der Waals surface area contributed by atoms with Crippen molar-refractivity contribution in [2.45, 2.75) is 38.6 Å². The first kappa shape index (κ1) is 12.8. The Bertz CT molecular complexity index is 496. The molecule has 0 bridgehead atoms. The number of nitrogens with zero attached hydrogens (tertiary/aromatic N) is 3. The van der Waals surface area contributed by atoms with E-state index in [9.17, 15) is 8.42 Å². The molecule has 5 nitrogen and oxygen atoms in total. The quantitative estimate of drug-likeness (QED) is 0.827. The maximum atomic E-state index is 11.4. The molecule has 96 valence electrons. The van der Waals surface area contributed by atoms with E-state index in [1.165, 1.54) is 0 Å². The van der Waals surface area contributed by atoms with Crippen LogP contribution in [0.1, 0.15) is 44.5 Å². The first-order valence-electron chi connectivity index (χ1n) is 5.71. The fraction of sp³-hybridized carbons (Fsp3) is 0.800. The monoisotopic (exact) mass is 277 g/mol. The van der Waals surface area contributed by atoms with Crippen molar-refractivity contribution in [3.05, 3.63) is 11.1 Å². The molecule has 2 rings (SSSR count). The summed E-state index contributed by atoms with van der Waals surface area (Å²) in [5.41, 5.74) is 0. The Morgan fingerprint density at radius 2 is 1.88 bits per heavy atom. The highest BCUT2D eigenvalue weighted by Gasteiger charge is 2.28. The van der Waals surface area contributed by atoms with Crippen LogP contribution in [-0.4, -0.2) is 34.7 Å². The van der Waals surface area contributed by atoms with Gasteiger partial charge in [0.25, 0.3) is 0 Å². The van der Waals surface area contributed by atoms with Crippen molar-refractivity contribution in [3.8, 4) is 0 Å². The zero-order valence-corrected chi connectivity index (χ0v) is 11.5. The van der Waals surface area contributed by atoms with E-state index in [0.717, 1.165) is 5.82 Å². The van der Waals surface area contributed by atoms with Crippen LogP contribution in [-0.2, 0) is 9.84 Å². The number of hydrogen-bond acceptors (Lipinski definition) is 4. The van der Waals surface area contributed by atoms with Gasteiger partial charge in [0.2, 0.25) is 5.28 Å². The van der Waals surface area contributed by atoms with E-state index in [2.05, 4.69) is 10.2 Å². The highest BCUT2D eigenvalue weighted by molar-refractivity contribution is 7.91. The Labute approximate surface area is 106 Å². The van der Waals surface area contributed by atoms with E-state index >= 15 is 0 Å². The van der Waals surface area contributed by atoms with Crippen molar-refractivity contribution in [3.63, 3.8) is 0 Å². The standard InChI is InChI=1S/C10H16ClN3O2S/c1-7(2)9-12-13-10(11)14(9)8-3-5-17(15,16)6-4-8/h7-8H,3-6H2,1-2H3. The zero-order chi connectivity index (χ0) is 12.6. The fourth-order valence-corrected chi connectivity index (χ4v) is 3.88. The molecular weight excluding hydrogens is 262 g/mol. The third kappa shape index (κ3) is 2.63. The molecular formula is C10H16ClN3O2S. The predicted octanol–water partition coefficient (Wildman–Crippen LogP) is 1.80. The van der Waals surface area contributed by atoms with E-state index in [0.29, 0.717) is 18.1 Å². The van der Waals surface area contributed by atoms with Crippen LogP contribution in [0, 0.1) is 0 Å². The normalized spacial score (nSPS) is 20.9. The van der Waals surface area contributed by atoms with Crippen LogP contribution in [0.4, 0.5) is 0 Å². The Morgan fingerprint density at radius 1 is 1.29 bits per heavy atom. The van der Waals surface area contributed by atoms with E-state index in [-0.39, 0.29) is 23.5 Å². The van der Waals surface area contributed by atoms with Gasteiger partial charge in [0, 0.05) is 12.0 Å². The summed E-state index contributed by atoms with van der Waals surface area (Å²) >= 11 is 6.03. The minimum Gasteiger partial charge on any atom is -0.298 e. The molecule has 17 heavy (non-hydrogen) atoms. The number of aromatic nitrogens is 3. The molecule has 0 spiro atoms. The van der Waals surface area contributed by atoms with Gasteiger partial charge < -0.3 is 0 Å². The lowest BCUT2D eigenvalue weighted by atomic mass is 10.1. The highest BCUT2D eigenvalue weighted by Crippen LogP contribution is 2.30. The summed E-state index contributed by atoms with van der Waals surface area (Å²) in [6, 6.07) is 0.110. The van der Waals surface area contributed by atoms with E-state index in [4.69, 9.17) is 11.6 Å². The van der Waals surface area contributed by atoms with Crippen LogP contribution in [0.25, 0.3) is 0 Å². The number of sulfone groups is 1. The fourth-order valence-electron chi connectivity index (χ4n) is 2.15. The molecule has 1 fully saturated rings. The van der Waals surface area contributed by atoms with Gasteiger partial charge in [0.1, 0.15) is 15.7 Å². The van der Waals surface area contributed by atoms with Gasteiger partial charge in [-0.15, -0.1) is 10.2 Å². The Hall–Kier alpha value is -0.620. The van der Waals surface area contributed by atoms with Crippen molar-refractivity contribution in [1.29, 1.82) is 0 Å². The molecule has 0 aliphatic carbocycles. The van der Waals surface area contributed by atoms with Crippen LogP contribution in [0.15, 0.2) is 0 Å². The SMILES string of the molecule is CC(C)c1nnc(Cl)n1C1CCS(=O)(=O)CC1. The van der Waals surface area contributed by atoms with Crippen molar-refractivity contribution < 1.29 is 8.42 Å². The van der Waals surface area contributed by atoms with Crippen LogP contribution in [0.5, 0.6) is 0 Å². The molecule has 1 saturated heterocycles. The molecule has 1 aromatic heterocycles. The Balaban J connectivity index is 2.26. The summed E-state index contributed by atoms with van der Waals surface area (Å²) in [5, 5.41) is 8.30. The maximum Gasteiger partial charge on any atom is 0.225 e. The predicted molar refractivity (Wildman–Crippen MR) is 66.0 cm³/mol. The largest absolute Gasteiger partial charge is 0.298 e. The van der Waals surface area contributed by atoms with Gasteiger partial charge in [-0.2, -0.15) is 0 Å². The average molecular weight is 278 g/mol. The Morgan fingerprint density at radius 3 is 2.41 bits per heavy atom. The molecule has 0 aromatic carbocycles. The van der Waals surface area contributed by atoms with Crippen molar-refractivity contribution in [2.24, 2.45) is 0 Å². The summed E-state index contributed by atoms with van der Waals surface area (Å²) in [5.74, 6) is 1.51. The maximum absolute atomic E-state index is 11.4. The third-order valence-corrected chi connectivity index (χ3v) is 5.06. The number of hydrogen-bond donors (Lipinski definition) is 0. The summed E-state index contributed by atoms with van der Waals surface area (Å²) in [6.45, 7) is 4.05. The first-order valence-corrected chi connectivity index (χ1v) is 7.91. The molecule has 2 heterocycles. The van der Waals surface area contributed by atoms with Gasteiger partial charge in [-0.25, -0.2) is 8.42 Å². The van der Waals surface area contributed by atoms with E-state index < -0.39 is 9.84 Å². The second-order valence-electron chi connectivity index (χ2n) is 4.73. The van der Waals surface area contributed by atoms with Gasteiger partial charge in [-0.3, -0.25) is 4.57 Å². The zero-order valence-electron chi connectivity index (χ0n) is 9.93. The average Bonchev–Trinajstić information content (AvgIpc) is 2.61. The van der Waals surface area contributed by atoms with E-state index in [1.807, 2.05) is 18.4 Å². The third-order valence-electron chi connectivity index (χ3n) is 3.09. The van der Waals surface area contributed by atoms with Crippen molar-refractivity contribution >= 4 is 21.4 Å². The van der Waals surface area contributed by atoms with Gasteiger partial charge in [-0.05, 0) is 24.4 Å². The lowest BCUT2D eigenvalue weighted by molar-refractivity contribution is 0.430. The Kier molecular flexibility index (Phi) is 3.45. The molecule has 1 aromatic rings. The van der Waals surface area contributed by atoms with Crippen LogP contribution in [0.3, 0.4) is 0 Å². The molecule has 0 amide bonds. The lowest BCUT2D eigenvalue weighted by Crippen LogP contribution is -2.26. The minimum atomic E-state index is -2.85. The molecule has 0 unspecified atom stereocenters. The first-order chi connectivity index (χ1) is 7.91. The molecule has 7 heteroatoms.